The van der Waals surface area contributed by atoms with E-state index in [0.717, 1.165) is 28.1 Å². The van der Waals surface area contributed by atoms with Gasteiger partial charge < -0.3 is 0 Å². The lowest BCUT2D eigenvalue weighted by Gasteiger charge is -2.34. The maximum atomic E-state index is 13.1. The highest BCUT2D eigenvalue weighted by Gasteiger charge is 2.32. The normalized spacial score (nSPS) is 23.6. The number of amides is 1. The van der Waals surface area contributed by atoms with Gasteiger partial charge in [-0.05, 0) is 26.7 Å². The van der Waals surface area contributed by atoms with Gasteiger partial charge in [0.1, 0.15) is 4.38 Å². The predicted molar refractivity (Wildman–Crippen MR) is 103 cm³/mol. The second-order valence-corrected chi connectivity index (χ2v) is 9.60. The van der Waals surface area contributed by atoms with Gasteiger partial charge in [-0.2, -0.15) is 0 Å². The molecule has 1 aliphatic carbocycles. The summed E-state index contributed by atoms with van der Waals surface area (Å²) >= 11 is 4.94. The van der Waals surface area contributed by atoms with Crippen LogP contribution in [-0.4, -0.2) is 38.4 Å². The lowest BCUT2D eigenvalue weighted by atomic mass is 9.94. The highest BCUT2D eigenvalue weighted by atomic mass is 32.2. The molecule has 23 heavy (non-hydrogen) atoms. The highest BCUT2D eigenvalue weighted by molar-refractivity contribution is 8.39. The molecule has 126 valence electrons. The zero-order valence-electron chi connectivity index (χ0n) is 13.6. The summed E-state index contributed by atoms with van der Waals surface area (Å²) in [5, 5.41) is 2.69. The summed E-state index contributed by atoms with van der Waals surface area (Å²) in [5.74, 6) is 1.21. The minimum atomic E-state index is -0.114. The lowest BCUT2D eigenvalue weighted by molar-refractivity contribution is -0.118. The molecule has 1 aliphatic heterocycles. The molecule has 1 aromatic heterocycles. The predicted octanol–water partition coefficient (Wildman–Crippen LogP) is 4.42. The Morgan fingerprint density at radius 1 is 1.39 bits per heavy atom. The molecule has 7 heteroatoms. The van der Waals surface area contributed by atoms with Gasteiger partial charge in [0.15, 0.2) is 5.13 Å². The van der Waals surface area contributed by atoms with Gasteiger partial charge in [-0.25, -0.2) is 4.98 Å². The number of thioether (sulfide) groups is 2. The molecule has 0 unspecified atom stereocenters. The Bertz CT molecular complexity index is 555. The van der Waals surface area contributed by atoms with Crippen LogP contribution < -0.4 is 4.90 Å². The first kappa shape index (κ1) is 17.3. The molecule has 1 aromatic rings. The molecule has 2 atom stereocenters. The molecule has 3 rings (SSSR count). The molecule has 0 bridgehead atoms. The van der Waals surface area contributed by atoms with Crippen molar-refractivity contribution in [2.45, 2.75) is 63.3 Å². The summed E-state index contributed by atoms with van der Waals surface area (Å²) in [6.07, 6.45) is 7.68. The van der Waals surface area contributed by atoms with Crippen molar-refractivity contribution in [2.24, 2.45) is 4.99 Å². The quantitative estimate of drug-likeness (QED) is 0.788. The van der Waals surface area contributed by atoms with E-state index in [9.17, 15) is 4.79 Å². The Labute approximate surface area is 150 Å². The number of anilines is 1. The average Bonchev–Trinajstić information content (AvgIpc) is 3.21. The zero-order chi connectivity index (χ0) is 16.2. The summed E-state index contributed by atoms with van der Waals surface area (Å²) in [7, 11) is 0. The molecule has 0 aromatic carbocycles. The lowest BCUT2D eigenvalue weighted by Crippen LogP contribution is -2.45. The van der Waals surface area contributed by atoms with Crippen molar-refractivity contribution >= 4 is 50.3 Å². The first-order valence-electron chi connectivity index (χ1n) is 8.25. The van der Waals surface area contributed by atoms with Crippen LogP contribution in [0.5, 0.6) is 0 Å². The standard InChI is InChI=1S/C16H23N3OS3/c1-11-10-22-16(18-11)23-12(2)14(20)19(15-17-8-9-21-15)13-6-4-3-5-7-13/h8-9,11-13H,3-7,10H2,1-2H3/t11-,12+/m0/s1. The van der Waals surface area contributed by atoms with Crippen LogP contribution in [0.3, 0.4) is 0 Å². The third-order valence-electron chi connectivity index (χ3n) is 4.20. The fourth-order valence-electron chi connectivity index (χ4n) is 3.01. The van der Waals surface area contributed by atoms with Crippen LogP contribution in [0.2, 0.25) is 0 Å². The molecule has 2 heterocycles. The van der Waals surface area contributed by atoms with E-state index in [0.29, 0.717) is 12.1 Å². The van der Waals surface area contributed by atoms with Gasteiger partial charge in [0.25, 0.3) is 0 Å². The largest absolute Gasteiger partial charge is 0.284 e. The van der Waals surface area contributed by atoms with Crippen molar-refractivity contribution in [2.75, 3.05) is 10.7 Å². The van der Waals surface area contributed by atoms with Gasteiger partial charge in [-0.1, -0.05) is 42.8 Å². The van der Waals surface area contributed by atoms with E-state index >= 15 is 0 Å². The molecular formula is C16H23N3OS3. The first-order valence-corrected chi connectivity index (χ1v) is 11.0. The fraction of sp³-hybridized carbons (Fsp3) is 0.688. The third kappa shape index (κ3) is 4.31. The molecule has 0 radical (unpaired) electrons. The van der Waals surface area contributed by atoms with Gasteiger partial charge in [0.2, 0.25) is 5.91 Å². The molecule has 1 fully saturated rings. The van der Waals surface area contributed by atoms with E-state index in [2.05, 4.69) is 16.9 Å². The van der Waals surface area contributed by atoms with Gasteiger partial charge in [0.05, 0.1) is 11.3 Å². The van der Waals surface area contributed by atoms with E-state index in [-0.39, 0.29) is 11.2 Å². The number of nitrogens with zero attached hydrogens (tertiary/aromatic N) is 3. The smallest absolute Gasteiger partial charge is 0.242 e. The molecule has 0 saturated heterocycles. The van der Waals surface area contributed by atoms with E-state index in [4.69, 9.17) is 0 Å². The van der Waals surface area contributed by atoms with Crippen LogP contribution in [-0.2, 0) is 4.79 Å². The van der Waals surface area contributed by atoms with Crippen molar-refractivity contribution in [3.05, 3.63) is 11.6 Å². The molecule has 4 nitrogen and oxygen atoms in total. The third-order valence-corrected chi connectivity index (χ3v) is 7.48. The van der Waals surface area contributed by atoms with E-state index in [1.807, 2.05) is 17.2 Å². The Hall–Kier alpha value is -0.530. The molecule has 0 N–H and O–H groups in total. The number of hydrogen-bond acceptors (Lipinski definition) is 6. The van der Waals surface area contributed by atoms with Crippen molar-refractivity contribution in [3.8, 4) is 0 Å². The number of carbonyl (C=O) groups excluding carboxylic acids is 1. The minimum Gasteiger partial charge on any atom is -0.284 e. The van der Waals surface area contributed by atoms with Crippen molar-refractivity contribution < 1.29 is 4.79 Å². The second-order valence-electron chi connectivity index (χ2n) is 6.13. The fourth-order valence-corrected chi connectivity index (χ4v) is 6.11. The van der Waals surface area contributed by atoms with Crippen LogP contribution in [0.15, 0.2) is 16.6 Å². The number of carbonyl (C=O) groups is 1. The van der Waals surface area contributed by atoms with Crippen molar-refractivity contribution in [1.82, 2.24) is 4.98 Å². The number of hydrogen-bond donors (Lipinski definition) is 0. The summed E-state index contributed by atoms with van der Waals surface area (Å²) < 4.78 is 1.06. The zero-order valence-corrected chi connectivity index (χ0v) is 16.1. The molecule has 0 spiro atoms. The number of rotatable bonds is 4. The monoisotopic (exact) mass is 369 g/mol. The van der Waals surface area contributed by atoms with Crippen molar-refractivity contribution in [1.29, 1.82) is 0 Å². The van der Waals surface area contributed by atoms with Gasteiger partial charge in [0, 0.05) is 23.4 Å². The SMILES string of the molecule is C[C@H]1CSC(S[C@H](C)C(=O)N(c2nccs2)C2CCCCC2)=N1. The number of aliphatic imine (C=N–C) groups is 1. The van der Waals surface area contributed by atoms with Gasteiger partial charge in [-0.15, -0.1) is 11.3 Å². The highest BCUT2D eigenvalue weighted by Crippen LogP contribution is 2.33. The molecular weight excluding hydrogens is 346 g/mol. The Kier molecular flexibility index (Phi) is 6.04. The average molecular weight is 370 g/mol. The van der Waals surface area contributed by atoms with Crippen LogP contribution in [0, 0.1) is 0 Å². The Balaban J connectivity index is 1.73. The first-order chi connectivity index (χ1) is 11.1. The van der Waals surface area contributed by atoms with Crippen LogP contribution >= 0.6 is 34.9 Å². The van der Waals surface area contributed by atoms with Gasteiger partial charge in [-0.3, -0.25) is 14.7 Å². The van der Waals surface area contributed by atoms with Gasteiger partial charge >= 0.3 is 0 Å². The molecule has 1 saturated carbocycles. The summed E-state index contributed by atoms with van der Waals surface area (Å²) in [5.41, 5.74) is 0. The maximum absolute atomic E-state index is 13.1. The van der Waals surface area contributed by atoms with Crippen molar-refractivity contribution in [3.63, 3.8) is 0 Å². The second kappa shape index (κ2) is 8.03. The van der Waals surface area contributed by atoms with Crippen LogP contribution in [0.1, 0.15) is 46.0 Å². The number of aromatic nitrogens is 1. The van der Waals surface area contributed by atoms with E-state index < -0.39 is 0 Å². The van der Waals surface area contributed by atoms with Crippen LogP contribution in [0.25, 0.3) is 0 Å². The molecule has 1 amide bonds. The topological polar surface area (TPSA) is 45.6 Å². The Morgan fingerprint density at radius 3 is 2.78 bits per heavy atom. The number of thiazole rings is 1. The molecule has 2 aliphatic rings. The summed E-state index contributed by atoms with van der Waals surface area (Å²) in [6, 6.07) is 0.681. The van der Waals surface area contributed by atoms with E-state index in [1.165, 1.54) is 19.3 Å². The van der Waals surface area contributed by atoms with Crippen LogP contribution in [0.4, 0.5) is 5.13 Å². The maximum Gasteiger partial charge on any atom is 0.242 e. The minimum absolute atomic E-state index is 0.114. The van der Waals surface area contributed by atoms with E-state index in [1.54, 1.807) is 41.1 Å². The summed E-state index contributed by atoms with van der Waals surface area (Å²) in [4.78, 5) is 24.1. The Morgan fingerprint density at radius 2 is 2.17 bits per heavy atom. The summed E-state index contributed by atoms with van der Waals surface area (Å²) in [6.45, 7) is 4.12.